The van der Waals surface area contributed by atoms with E-state index < -0.39 is 0 Å². The number of benzene rings is 1. The Balaban J connectivity index is 3.20. The maximum absolute atomic E-state index is 9.36. The zero-order chi connectivity index (χ0) is 9.14. The van der Waals surface area contributed by atoms with Gasteiger partial charge in [-0.15, -0.1) is 0 Å². The number of terminal acetylenes is 1. The average molecular weight is 162 g/mol. The third kappa shape index (κ3) is 1.51. The quantitative estimate of drug-likeness (QED) is 0.640. The van der Waals surface area contributed by atoms with Crippen molar-refractivity contribution >= 4 is 0 Å². The molecule has 0 saturated heterocycles. The van der Waals surface area contributed by atoms with E-state index >= 15 is 0 Å². The van der Waals surface area contributed by atoms with Crippen molar-refractivity contribution in [3.63, 3.8) is 0 Å². The van der Waals surface area contributed by atoms with Crippen LogP contribution in [0.2, 0.25) is 0 Å². The van der Waals surface area contributed by atoms with E-state index in [1.807, 2.05) is 6.92 Å². The summed E-state index contributed by atoms with van der Waals surface area (Å²) in [6.07, 6.45) is 7.04. The van der Waals surface area contributed by atoms with E-state index in [1.165, 1.54) is 0 Å². The molecule has 0 saturated carbocycles. The van der Waals surface area contributed by atoms with Crippen LogP contribution in [0.3, 0.4) is 0 Å². The monoisotopic (exact) mass is 162 g/mol. The third-order valence-corrected chi connectivity index (χ3v) is 1.65. The van der Waals surface area contributed by atoms with Crippen molar-refractivity contribution in [2.75, 3.05) is 0 Å². The number of rotatable bonds is 1. The molecule has 2 heteroatoms. The lowest BCUT2D eigenvalue weighted by Crippen LogP contribution is -1.87. The summed E-state index contributed by atoms with van der Waals surface area (Å²) in [5.74, 6) is 0.746. The Kier molecular flexibility index (Phi) is 2.25. The molecule has 0 unspecified atom stereocenters. The second-order valence-corrected chi connectivity index (χ2v) is 2.63. The molecule has 0 fully saturated rings. The van der Waals surface area contributed by atoms with Gasteiger partial charge in [0.15, 0.2) is 0 Å². The zero-order valence-electron chi connectivity index (χ0n) is 7.09. The molecule has 0 radical (unpaired) electrons. The molecule has 1 rings (SSSR count). The van der Waals surface area contributed by atoms with Gasteiger partial charge >= 0.3 is 0 Å². The fourth-order valence-electron chi connectivity index (χ4n) is 0.976. The van der Waals surface area contributed by atoms with E-state index in [9.17, 15) is 5.11 Å². The van der Waals surface area contributed by atoms with Crippen LogP contribution in [0.1, 0.15) is 11.1 Å². The first kappa shape index (κ1) is 8.48. The van der Waals surface area contributed by atoms with Gasteiger partial charge in [-0.1, -0.05) is 6.42 Å². The molecule has 2 nitrogen and oxygen atoms in total. The molecule has 0 aromatic heterocycles. The molecule has 0 bridgehead atoms. The molecule has 0 aliphatic heterocycles. The van der Waals surface area contributed by atoms with Crippen LogP contribution in [-0.2, 0) is 0 Å². The molecule has 1 N–H and O–H groups in total. The second kappa shape index (κ2) is 3.19. The van der Waals surface area contributed by atoms with Crippen LogP contribution < -0.4 is 4.74 Å². The maximum Gasteiger partial charge on any atom is 0.147 e. The highest BCUT2D eigenvalue weighted by atomic mass is 16.5. The molecule has 0 atom stereocenters. The first-order valence-corrected chi connectivity index (χ1v) is 3.58. The first-order valence-electron chi connectivity index (χ1n) is 3.58. The van der Waals surface area contributed by atoms with E-state index in [2.05, 4.69) is 6.11 Å². The predicted molar refractivity (Wildman–Crippen MR) is 47.0 cm³/mol. The number of phenolic OH excluding ortho intramolecular Hbond substituents is 1. The topological polar surface area (TPSA) is 29.5 Å². The minimum Gasteiger partial charge on any atom is -0.508 e. The summed E-state index contributed by atoms with van der Waals surface area (Å²) < 4.78 is 4.87. The van der Waals surface area contributed by atoms with Gasteiger partial charge in [0.25, 0.3) is 0 Å². The zero-order valence-corrected chi connectivity index (χ0v) is 7.09. The number of ether oxygens (including phenoxy) is 1. The number of phenols is 1. The Morgan fingerprint density at radius 2 is 2.08 bits per heavy atom. The lowest BCUT2D eigenvalue weighted by Gasteiger charge is -2.05. The van der Waals surface area contributed by atoms with Crippen LogP contribution in [0, 0.1) is 26.4 Å². The van der Waals surface area contributed by atoms with Gasteiger partial charge in [0.05, 0.1) is 0 Å². The molecular formula is C10H10O2. The van der Waals surface area contributed by atoms with Gasteiger partial charge in [-0.3, -0.25) is 0 Å². The van der Waals surface area contributed by atoms with E-state index in [-0.39, 0.29) is 5.75 Å². The highest BCUT2D eigenvalue weighted by Gasteiger charge is 2.04. The molecule has 0 spiro atoms. The van der Waals surface area contributed by atoms with Gasteiger partial charge in [-0.25, -0.2) is 0 Å². The summed E-state index contributed by atoms with van der Waals surface area (Å²) in [5.41, 5.74) is 1.59. The van der Waals surface area contributed by atoms with Gasteiger partial charge in [0, 0.05) is 5.56 Å². The summed E-state index contributed by atoms with van der Waals surface area (Å²) in [6, 6.07) is 3.45. The van der Waals surface area contributed by atoms with Crippen molar-refractivity contribution in [1.29, 1.82) is 0 Å². The van der Waals surface area contributed by atoms with Crippen LogP contribution >= 0.6 is 0 Å². The van der Waals surface area contributed by atoms with Crippen LogP contribution in [-0.4, -0.2) is 5.11 Å². The van der Waals surface area contributed by atoms with Crippen LogP contribution in [0.25, 0.3) is 0 Å². The summed E-state index contributed by atoms with van der Waals surface area (Å²) >= 11 is 0. The Hall–Kier alpha value is -1.62. The standard InChI is InChI=1S/C10H10O2/c1-4-12-10-6-7(2)5-9(11)8(10)3/h1,5-6,11H,2-3H3. The molecular weight excluding hydrogens is 152 g/mol. The number of hydrogen-bond acceptors (Lipinski definition) is 2. The first-order chi connectivity index (χ1) is 5.65. The van der Waals surface area contributed by atoms with Crippen molar-refractivity contribution in [3.8, 4) is 24.0 Å². The number of aromatic hydroxyl groups is 1. The van der Waals surface area contributed by atoms with Gasteiger partial charge in [-0.05, 0) is 31.5 Å². The SMILES string of the molecule is C#COc1cc(C)cc(O)c1C. The third-order valence-electron chi connectivity index (χ3n) is 1.65. The lowest BCUT2D eigenvalue weighted by atomic mass is 10.1. The number of aryl methyl sites for hydroxylation is 1. The van der Waals surface area contributed by atoms with Gasteiger partial charge < -0.3 is 9.84 Å². The van der Waals surface area contributed by atoms with E-state index in [0.29, 0.717) is 11.3 Å². The average Bonchev–Trinajstić information content (AvgIpc) is 2.00. The fraction of sp³-hybridized carbons (Fsp3) is 0.200. The second-order valence-electron chi connectivity index (χ2n) is 2.63. The van der Waals surface area contributed by atoms with Gasteiger partial charge in [0.1, 0.15) is 17.6 Å². The van der Waals surface area contributed by atoms with E-state index in [0.717, 1.165) is 5.56 Å². The van der Waals surface area contributed by atoms with E-state index in [4.69, 9.17) is 11.2 Å². The highest BCUT2D eigenvalue weighted by Crippen LogP contribution is 2.27. The summed E-state index contributed by atoms with van der Waals surface area (Å²) in [7, 11) is 0. The normalized spacial score (nSPS) is 9.08. The summed E-state index contributed by atoms with van der Waals surface area (Å²) in [4.78, 5) is 0. The number of hydrogen-bond donors (Lipinski definition) is 1. The summed E-state index contributed by atoms with van der Waals surface area (Å²) in [6.45, 7) is 3.62. The smallest absolute Gasteiger partial charge is 0.147 e. The van der Waals surface area contributed by atoms with Gasteiger partial charge in [-0.2, -0.15) is 0 Å². The van der Waals surface area contributed by atoms with Gasteiger partial charge in [0.2, 0.25) is 0 Å². The molecule has 1 aromatic rings. The molecule has 12 heavy (non-hydrogen) atoms. The molecule has 62 valence electrons. The largest absolute Gasteiger partial charge is 0.508 e. The van der Waals surface area contributed by atoms with Crippen molar-refractivity contribution < 1.29 is 9.84 Å². The van der Waals surface area contributed by atoms with Crippen molar-refractivity contribution in [1.82, 2.24) is 0 Å². The molecule has 0 heterocycles. The molecule has 0 aliphatic carbocycles. The van der Waals surface area contributed by atoms with Crippen LogP contribution in [0.15, 0.2) is 12.1 Å². The van der Waals surface area contributed by atoms with Crippen LogP contribution in [0.5, 0.6) is 11.5 Å². The minimum atomic E-state index is 0.209. The Bertz CT molecular complexity index is 334. The summed E-state index contributed by atoms with van der Waals surface area (Å²) in [5, 5.41) is 9.36. The molecule has 0 aliphatic rings. The fourth-order valence-corrected chi connectivity index (χ4v) is 0.976. The Morgan fingerprint density at radius 3 is 2.67 bits per heavy atom. The highest BCUT2D eigenvalue weighted by molar-refractivity contribution is 5.46. The van der Waals surface area contributed by atoms with Crippen molar-refractivity contribution in [3.05, 3.63) is 23.3 Å². The Labute approximate surface area is 71.8 Å². The Morgan fingerprint density at radius 1 is 1.42 bits per heavy atom. The minimum absolute atomic E-state index is 0.209. The van der Waals surface area contributed by atoms with E-state index in [1.54, 1.807) is 19.1 Å². The lowest BCUT2D eigenvalue weighted by molar-refractivity contribution is 0.457. The molecule has 1 aromatic carbocycles. The van der Waals surface area contributed by atoms with Crippen LogP contribution in [0.4, 0.5) is 0 Å². The predicted octanol–water partition coefficient (Wildman–Crippen LogP) is 1.98. The maximum atomic E-state index is 9.36. The van der Waals surface area contributed by atoms with Crippen molar-refractivity contribution in [2.24, 2.45) is 0 Å². The molecule has 0 amide bonds. The van der Waals surface area contributed by atoms with Crippen molar-refractivity contribution in [2.45, 2.75) is 13.8 Å².